The van der Waals surface area contributed by atoms with Crippen LogP contribution in [0, 0.1) is 5.41 Å². The minimum absolute atomic E-state index is 0.0350. The predicted molar refractivity (Wildman–Crippen MR) is 99.8 cm³/mol. The summed E-state index contributed by atoms with van der Waals surface area (Å²) in [6, 6.07) is 8.14. The molecule has 1 aromatic heterocycles. The molecule has 0 bridgehead atoms. The van der Waals surface area contributed by atoms with Crippen LogP contribution in [0.15, 0.2) is 35.1 Å². The predicted octanol–water partition coefficient (Wildman–Crippen LogP) is 0.716. The van der Waals surface area contributed by atoms with Gasteiger partial charge in [0, 0.05) is 31.1 Å². The number of amides is 1. The smallest absolute Gasteiger partial charge is 0.303 e. The normalized spacial score (nSPS) is 10.4. The number of aryl methyl sites for hydroxylation is 1. The highest BCUT2D eigenvalue weighted by atomic mass is 16.4. The van der Waals surface area contributed by atoms with Gasteiger partial charge in [-0.1, -0.05) is 24.3 Å². The maximum atomic E-state index is 12.3. The van der Waals surface area contributed by atoms with Crippen molar-refractivity contribution < 1.29 is 14.7 Å². The van der Waals surface area contributed by atoms with Gasteiger partial charge in [-0.25, -0.2) is 4.68 Å². The van der Waals surface area contributed by atoms with E-state index < -0.39 is 17.4 Å². The minimum Gasteiger partial charge on any atom is -0.481 e. The summed E-state index contributed by atoms with van der Waals surface area (Å²) in [6.45, 7) is 0.278. The van der Waals surface area contributed by atoms with Crippen LogP contribution in [0.5, 0.6) is 0 Å². The quantitative estimate of drug-likeness (QED) is 0.305. The van der Waals surface area contributed by atoms with Crippen LogP contribution in [0.4, 0.5) is 0 Å². The molecule has 0 saturated carbocycles. The SMILES string of the molecule is Cn1nc(-c2ccc(C(=N)N)cc2)cc(C(=O)NCCCCC(=O)O)c1=O. The lowest BCUT2D eigenvalue weighted by atomic mass is 10.1. The third kappa shape index (κ3) is 5.24. The molecule has 1 aromatic carbocycles. The second-order valence-electron chi connectivity index (χ2n) is 5.97. The van der Waals surface area contributed by atoms with Gasteiger partial charge in [-0.05, 0) is 18.9 Å². The van der Waals surface area contributed by atoms with Crippen molar-refractivity contribution in [2.45, 2.75) is 19.3 Å². The number of carbonyl (C=O) groups excluding carboxylic acids is 1. The van der Waals surface area contributed by atoms with Crippen molar-refractivity contribution in [3.63, 3.8) is 0 Å². The van der Waals surface area contributed by atoms with Crippen molar-refractivity contribution in [2.75, 3.05) is 6.54 Å². The monoisotopic (exact) mass is 371 g/mol. The molecule has 1 heterocycles. The maximum Gasteiger partial charge on any atom is 0.303 e. The first-order valence-electron chi connectivity index (χ1n) is 8.32. The van der Waals surface area contributed by atoms with Crippen LogP contribution in [0.3, 0.4) is 0 Å². The topological polar surface area (TPSA) is 151 Å². The van der Waals surface area contributed by atoms with Gasteiger partial charge in [-0.15, -0.1) is 0 Å². The number of nitrogen functional groups attached to an aromatic ring is 1. The number of aromatic nitrogens is 2. The van der Waals surface area contributed by atoms with Crippen LogP contribution in [-0.2, 0) is 11.8 Å². The summed E-state index contributed by atoms with van der Waals surface area (Å²) in [7, 11) is 1.46. The van der Waals surface area contributed by atoms with Crippen LogP contribution in [0.1, 0.15) is 35.2 Å². The Bertz CT molecular complexity index is 918. The van der Waals surface area contributed by atoms with Crippen molar-refractivity contribution in [1.82, 2.24) is 15.1 Å². The van der Waals surface area contributed by atoms with Gasteiger partial charge in [-0.3, -0.25) is 19.8 Å². The second-order valence-corrected chi connectivity index (χ2v) is 5.97. The second kappa shape index (κ2) is 8.75. The molecule has 1 amide bonds. The van der Waals surface area contributed by atoms with E-state index in [1.807, 2.05) is 0 Å². The number of carboxylic acid groups (broad SMARTS) is 1. The Hall–Kier alpha value is -3.49. The number of carbonyl (C=O) groups is 2. The van der Waals surface area contributed by atoms with E-state index in [9.17, 15) is 14.4 Å². The zero-order valence-electron chi connectivity index (χ0n) is 14.9. The Morgan fingerprint density at radius 2 is 1.93 bits per heavy atom. The van der Waals surface area contributed by atoms with Crippen LogP contribution in [0.2, 0.25) is 0 Å². The van der Waals surface area contributed by atoms with Crippen molar-refractivity contribution in [1.29, 1.82) is 5.41 Å². The van der Waals surface area contributed by atoms with E-state index in [-0.39, 0.29) is 24.4 Å². The molecule has 0 aliphatic carbocycles. The van der Waals surface area contributed by atoms with Crippen molar-refractivity contribution in [3.8, 4) is 11.3 Å². The van der Waals surface area contributed by atoms with Crippen molar-refractivity contribution >= 4 is 17.7 Å². The first kappa shape index (κ1) is 19.8. The molecule has 0 saturated heterocycles. The van der Waals surface area contributed by atoms with Gasteiger partial charge >= 0.3 is 5.97 Å². The average Bonchev–Trinajstić information content (AvgIpc) is 2.63. The van der Waals surface area contributed by atoms with Gasteiger partial charge in [0.2, 0.25) is 0 Å². The highest BCUT2D eigenvalue weighted by molar-refractivity contribution is 5.96. The fourth-order valence-corrected chi connectivity index (χ4v) is 2.43. The lowest BCUT2D eigenvalue weighted by Gasteiger charge is -2.09. The molecule has 0 aliphatic rings. The van der Waals surface area contributed by atoms with Gasteiger partial charge in [0.05, 0.1) is 5.69 Å². The van der Waals surface area contributed by atoms with Gasteiger partial charge < -0.3 is 16.2 Å². The molecular weight excluding hydrogens is 350 g/mol. The number of nitrogens with zero attached hydrogens (tertiary/aromatic N) is 2. The largest absolute Gasteiger partial charge is 0.481 e. The minimum atomic E-state index is -0.884. The summed E-state index contributed by atoms with van der Waals surface area (Å²) in [6.07, 6.45) is 0.980. The molecule has 9 nitrogen and oxygen atoms in total. The number of unbranched alkanes of at least 4 members (excludes halogenated alkanes) is 1. The molecule has 0 aliphatic heterocycles. The van der Waals surface area contributed by atoms with Crippen LogP contribution in [0.25, 0.3) is 11.3 Å². The number of aliphatic carboxylic acids is 1. The molecule has 142 valence electrons. The molecule has 5 N–H and O–H groups in total. The molecule has 0 atom stereocenters. The fourth-order valence-electron chi connectivity index (χ4n) is 2.43. The fraction of sp³-hybridized carbons (Fsp3) is 0.278. The lowest BCUT2D eigenvalue weighted by Crippen LogP contribution is -2.33. The Morgan fingerprint density at radius 3 is 2.52 bits per heavy atom. The number of benzene rings is 1. The number of hydrogen-bond acceptors (Lipinski definition) is 5. The maximum absolute atomic E-state index is 12.3. The third-order valence-electron chi connectivity index (χ3n) is 3.90. The number of nitrogens with one attached hydrogen (secondary N) is 2. The molecule has 0 spiro atoms. The van der Waals surface area contributed by atoms with E-state index in [0.29, 0.717) is 29.7 Å². The zero-order valence-corrected chi connectivity index (χ0v) is 14.9. The number of carboxylic acids is 1. The summed E-state index contributed by atoms with van der Waals surface area (Å²) in [5, 5.41) is 22.8. The molecule has 0 fully saturated rings. The molecular formula is C18H21N5O4. The summed E-state index contributed by atoms with van der Waals surface area (Å²) in [5.74, 6) is -1.47. The van der Waals surface area contributed by atoms with Gasteiger partial charge in [0.25, 0.3) is 11.5 Å². The lowest BCUT2D eigenvalue weighted by molar-refractivity contribution is -0.137. The Labute approximate surface area is 155 Å². The average molecular weight is 371 g/mol. The van der Waals surface area contributed by atoms with Crippen LogP contribution < -0.4 is 16.6 Å². The van der Waals surface area contributed by atoms with E-state index in [1.165, 1.54) is 13.1 Å². The highest BCUT2D eigenvalue weighted by Gasteiger charge is 2.15. The number of nitrogens with two attached hydrogens (primary N) is 1. The van der Waals surface area contributed by atoms with Crippen LogP contribution in [-0.4, -0.2) is 39.1 Å². The summed E-state index contributed by atoms with van der Waals surface area (Å²) >= 11 is 0. The number of hydrogen-bond donors (Lipinski definition) is 4. The zero-order chi connectivity index (χ0) is 20.0. The summed E-state index contributed by atoms with van der Waals surface area (Å²) < 4.78 is 1.09. The van der Waals surface area contributed by atoms with Gasteiger partial charge in [0.15, 0.2) is 0 Å². The molecule has 2 rings (SSSR count). The van der Waals surface area contributed by atoms with E-state index in [2.05, 4.69) is 10.4 Å². The van der Waals surface area contributed by atoms with Gasteiger partial charge in [-0.2, -0.15) is 5.10 Å². The summed E-state index contributed by atoms with van der Waals surface area (Å²) in [5.41, 5.74) is 6.52. The molecule has 9 heteroatoms. The van der Waals surface area contributed by atoms with Crippen molar-refractivity contribution in [3.05, 3.63) is 51.8 Å². The highest BCUT2D eigenvalue weighted by Crippen LogP contribution is 2.17. The molecule has 27 heavy (non-hydrogen) atoms. The Morgan fingerprint density at radius 1 is 1.26 bits per heavy atom. The first-order valence-corrected chi connectivity index (χ1v) is 8.32. The van der Waals surface area contributed by atoms with E-state index in [0.717, 1.165) is 4.68 Å². The number of amidine groups is 1. The third-order valence-corrected chi connectivity index (χ3v) is 3.90. The first-order chi connectivity index (χ1) is 12.8. The van der Waals surface area contributed by atoms with Crippen molar-refractivity contribution in [2.24, 2.45) is 12.8 Å². The summed E-state index contributed by atoms with van der Waals surface area (Å²) in [4.78, 5) is 35.0. The number of rotatable bonds is 8. The Kier molecular flexibility index (Phi) is 6.42. The standard InChI is InChI=1S/C18H21N5O4/c1-23-18(27)13(17(26)21-9-3-2-4-15(24)25)10-14(22-23)11-5-7-12(8-6-11)16(19)20/h5-8,10H,2-4,9H2,1H3,(H3,19,20)(H,21,26)(H,24,25). The van der Waals surface area contributed by atoms with E-state index >= 15 is 0 Å². The molecule has 2 aromatic rings. The molecule has 0 radical (unpaired) electrons. The molecule has 0 unspecified atom stereocenters. The Balaban J connectivity index is 2.17. The van der Waals surface area contributed by atoms with Crippen LogP contribution >= 0.6 is 0 Å². The van der Waals surface area contributed by atoms with E-state index in [1.54, 1.807) is 24.3 Å². The van der Waals surface area contributed by atoms with E-state index in [4.69, 9.17) is 16.2 Å². The van der Waals surface area contributed by atoms with Gasteiger partial charge in [0.1, 0.15) is 11.4 Å².